The minimum atomic E-state index is 0.277. The first-order chi connectivity index (χ1) is 8.22. The first-order valence-electron chi connectivity index (χ1n) is 5.73. The average molecular weight is 295 g/mol. The molecule has 0 amide bonds. The maximum absolute atomic E-state index is 8.92. The summed E-state index contributed by atoms with van der Waals surface area (Å²) >= 11 is 3.41. The number of hydrogen-bond acceptors (Lipinski definition) is 3. The van der Waals surface area contributed by atoms with Gasteiger partial charge in [-0.25, -0.2) is 0 Å². The summed E-state index contributed by atoms with van der Waals surface area (Å²) in [6.45, 7) is 0. The van der Waals surface area contributed by atoms with Crippen molar-refractivity contribution in [1.29, 1.82) is 5.26 Å². The SMILES string of the molecule is COC1CCCC1Nc1cc(Br)cc(C#N)c1. The van der Waals surface area contributed by atoms with Gasteiger partial charge >= 0.3 is 0 Å². The summed E-state index contributed by atoms with van der Waals surface area (Å²) in [5.74, 6) is 0. The van der Waals surface area contributed by atoms with E-state index in [2.05, 4.69) is 27.3 Å². The zero-order valence-electron chi connectivity index (χ0n) is 9.74. The summed E-state index contributed by atoms with van der Waals surface area (Å²) in [5, 5.41) is 12.4. The maximum Gasteiger partial charge on any atom is 0.0992 e. The number of nitriles is 1. The number of hydrogen-bond donors (Lipinski definition) is 1. The van der Waals surface area contributed by atoms with Crippen molar-refractivity contribution in [2.45, 2.75) is 31.4 Å². The fraction of sp³-hybridized carbons (Fsp3) is 0.462. The summed E-state index contributed by atoms with van der Waals surface area (Å²) in [5.41, 5.74) is 1.64. The predicted octanol–water partition coefficient (Wildman–Crippen LogP) is 3.30. The molecule has 17 heavy (non-hydrogen) atoms. The van der Waals surface area contributed by atoms with Crippen molar-refractivity contribution in [3.8, 4) is 6.07 Å². The third-order valence-electron chi connectivity index (χ3n) is 3.13. The average Bonchev–Trinajstić information content (AvgIpc) is 2.75. The lowest BCUT2D eigenvalue weighted by Gasteiger charge is -2.21. The van der Waals surface area contributed by atoms with Gasteiger partial charge in [0.2, 0.25) is 0 Å². The number of halogens is 1. The van der Waals surface area contributed by atoms with E-state index >= 15 is 0 Å². The second kappa shape index (κ2) is 5.52. The lowest BCUT2D eigenvalue weighted by molar-refractivity contribution is 0.101. The van der Waals surface area contributed by atoms with Crippen molar-refractivity contribution >= 4 is 21.6 Å². The fourth-order valence-corrected chi connectivity index (χ4v) is 2.82. The zero-order valence-corrected chi connectivity index (χ0v) is 11.3. The predicted molar refractivity (Wildman–Crippen MR) is 70.9 cm³/mol. The van der Waals surface area contributed by atoms with Crippen molar-refractivity contribution in [1.82, 2.24) is 0 Å². The van der Waals surface area contributed by atoms with E-state index in [0.717, 1.165) is 23.0 Å². The molecule has 0 aliphatic heterocycles. The number of methoxy groups -OCH3 is 1. The molecule has 4 heteroatoms. The van der Waals surface area contributed by atoms with Crippen LogP contribution in [0.3, 0.4) is 0 Å². The van der Waals surface area contributed by atoms with Crippen molar-refractivity contribution in [3.63, 3.8) is 0 Å². The molecule has 1 aromatic rings. The molecule has 1 N–H and O–H groups in total. The van der Waals surface area contributed by atoms with Crippen LogP contribution in [0.5, 0.6) is 0 Å². The van der Waals surface area contributed by atoms with Crippen LogP contribution in [0.2, 0.25) is 0 Å². The van der Waals surface area contributed by atoms with Gasteiger partial charge in [-0.05, 0) is 37.5 Å². The van der Waals surface area contributed by atoms with E-state index in [9.17, 15) is 0 Å². The molecule has 0 radical (unpaired) electrons. The van der Waals surface area contributed by atoms with Crippen LogP contribution < -0.4 is 5.32 Å². The summed E-state index contributed by atoms with van der Waals surface area (Å²) in [6.07, 6.45) is 3.69. The quantitative estimate of drug-likeness (QED) is 0.930. The molecular formula is C13H15BrN2O. The Hall–Kier alpha value is -1.05. The van der Waals surface area contributed by atoms with E-state index in [1.807, 2.05) is 18.2 Å². The lowest BCUT2D eigenvalue weighted by atomic mass is 10.1. The van der Waals surface area contributed by atoms with Crippen LogP contribution in [0.1, 0.15) is 24.8 Å². The van der Waals surface area contributed by atoms with Crippen molar-refractivity contribution < 1.29 is 4.74 Å². The molecular weight excluding hydrogens is 280 g/mol. The molecule has 90 valence electrons. The van der Waals surface area contributed by atoms with Crippen molar-refractivity contribution in [2.75, 3.05) is 12.4 Å². The Bertz CT molecular complexity index is 442. The minimum Gasteiger partial charge on any atom is -0.380 e. The third kappa shape index (κ3) is 2.99. The molecule has 0 heterocycles. The molecule has 3 nitrogen and oxygen atoms in total. The highest BCUT2D eigenvalue weighted by Gasteiger charge is 2.26. The number of rotatable bonds is 3. The van der Waals surface area contributed by atoms with Gasteiger partial charge in [-0.1, -0.05) is 15.9 Å². The Morgan fingerprint density at radius 3 is 2.94 bits per heavy atom. The van der Waals surface area contributed by atoms with Crippen molar-refractivity contribution in [2.24, 2.45) is 0 Å². The van der Waals surface area contributed by atoms with Crippen LogP contribution >= 0.6 is 15.9 Å². The van der Waals surface area contributed by atoms with Crippen LogP contribution in [0.15, 0.2) is 22.7 Å². The van der Waals surface area contributed by atoms with Crippen LogP contribution in [0.25, 0.3) is 0 Å². The fourth-order valence-electron chi connectivity index (χ4n) is 2.32. The second-order valence-electron chi connectivity index (χ2n) is 4.30. The number of nitrogens with zero attached hydrogens (tertiary/aromatic N) is 1. The van der Waals surface area contributed by atoms with Crippen LogP contribution in [-0.2, 0) is 4.74 Å². The van der Waals surface area contributed by atoms with Gasteiger partial charge in [-0.3, -0.25) is 0 Å². The summed E-state index contributed by atoms with van der Waals surface area (Å²) in [4.78, 5) is 0. The highest BCUT2D eigenvalue weighted by molar-refractivity contribution is 9.10. The Morgan fingerprint density at radius 1 is 1.41 bits per heavy atom. The molecule has 2 rings (SSSR count). The Balaban J connectivity index is 2.13. The van der Waals surface area contributed by atoms with E-state index in [0.29, 0.717) is 11.6 Å². The van der Waals surface area contributed by atoms with Gasteiger partial charge < -0.3 is 10.1 Å². The first-order valence-corrected chi connectivity index (χ1v) is 6.52. The highest BCUT2D eigenvalue weighted by atomic mass is 79.9. The molecule has 1 aliphatic carbocycles. The summed E-state index contributed by atoms with van der Waals surface area (Å²) < 4.78 is 6.37. The number of benzene rings is 1. The third-order valence-corrected chi connectivity index (χ3v) is 3.59. The van der Waals surface area contributed by atoms with E-state index in [4.69, 9.17) is 10.00 Å². The summed E-state index contributed by atoms with van der Waals surface area (Å²) in [7, 11) is 1.76. The van der Waals surface area contributed by atoms with Gasteiger partial charge in [0.25, 0.3) is 0 Å². The largest absolute Gasteiger partial charge is 0.380 e. The minimum absolute atomic E-state index is 0.277. The van der Waals surface area contributed by atoms with Gasteiger partial charge in [0.1, 0.15) is 0 Å². The van der Waals surface area contributed by atoms with Crippen LogP contribution in [0.4, 0.5) is 5.69 Å². The molecule has 1 saturated carbocycles. The Labute approximate surface area is 110 Å². The molecule has 0 aromatic heterocycles. The first kappa shape index (κ1) is 12.4. The monoisotopic (exact) mass is 294 g/mol. The maximum atomic E-state index is 8.92. The normalized spacial score (nSPS) is 23.4. The Kier molecular flexibility index (Phi) is 4.03. The number of anilines is 1. The van der Waals surface area contributed by atoms with Crippen molar-refractivity contribution in [3.05, 3.63) is 28.2 Å². The van der Waals surface area contributed by atoms with Gasteiger partial charge in [0.05, 0.1) is 23.8 Å². The van der Waals surface area contributed by atoms with Gasteiger partial charge in [0.15, 0.2) is 0 Å². The molecule has 1 fully saturated rings. The van der Waals surface area contributed by atoms with Crippen LogP contribution in [-0.4, -0.2) is 19.3 Å². The zero-order chi connectivity index (χ0) is 12.3. The van der Waals surface area contributed by atoms with Gasteiger partial charge in [-0.2, -0.15) is 5.26 Å². The molecule has 2 unspecified atom stereocenters. The second-order valence-corrected chi connectivity index (χ2v) is 5.21. The molecule has 1 aliphatic rings. The van der Waals surface area contributed by atoms with Gasteiger partial charge in [0, 0.05) is 17.3 Å². The van der Waals surface area contributed by atoms with E-state index in [-0.39, 0.29) is 6.10 Å². The summed E-state index contributed by atoms with van der Waals surface area (Å²) in [6, 6.07) is 8.18. The smallest absolute Gasteiger partial charge is 0.0992 e. The standard InChI is InChI=1S/C13H15BrN2O/c1-17-13-4-2-3-12(13)16-11-6-9(8-15)5-10(14)7-11/h5-7,12-13,16H,2-4H2,1H3. The molecule has 0 spiro atoms. The van der Waals surface area contributed by atoms with E-state index in [1.165, 1.54) is 6.42 Å². The Morgan fingerprint density at radius 2 is 2.24 bits per heavy atom. The molecule has 1 aromatic carbocycles. The lowest BCUT2D eigenvalue weighted by Crippen LogP contribution is -2.29. The van der Waals surface area contributed by atoms with E-state index < -0.39 is 0 Å². The van der Waals surface area contributed by atoms with E-state index in [1.54, 1.807) is 7.11 Å². The molecule has 2 atom stereocenters. The molecule has 0 saturated heterocycles. The molecule has 0 bridgehead atoms. The number of ether oxygens (including phenoxy) is 1. The van der Waals surface area contributed by atoms with Crippen LogP contribution in [0, 0.1) is 11.3 Å². The topological polar surface area (TPSA) is 45.0 Å². The highest BCUT2D eigenvalue weighted by Crippen LogP contribution is 2.27. The number of nitrogens with one attached hydrogen (secondary N) is 1. The van der Waals surface area contributed by atoms with Gasteiger partial charge in [-0.15, -0.1) is 0 Å².